The van der Waals surface area contributed by atoms with E-state index in [0.717, 1.165) is 38.9 Å². The van der Waals surface area contributed by atoms with Crippen LogP contribution in [0.5, 0.6) is 0 Å². The van der Waals surface area contributed by atoms with E-state index in [4.69, 9.17) is 9.47 Å². The number of nitrogens with one attached hydrogen (secondary N) is 1. The molecule has 1 aliphatic rings. The standard InChI is InChI=1S/C13H27NO2/c1-12(2)14-7-3-4-8-16-11-13-5-9-15-10-6-13/h12-14H,3-11H2,1-2H3. The highest BCUT2D eigenvalue weighted by Crippen LogP contribution is 2.14. The van der Waals surface area contributed by atoms with Crippen LogP contribution in [0.1, 0.15) is 39.5 Å². The molecule has 3 nitrogen and oxygen atoms in total. The van der Waals surface area contributed by atoms with Crippen LogP contribution in [0.25, 0.3) is 0 Å². The zero-order valence-electron chi connectivity index (χ0n) is 10.8. The fraction of sp³-hybridized carbons (Fsp3) is 1.00. The number of hydrogen-bond donors (Lipinski definition) is 1. The summed E-state index contributed by atoms with van der Waals surface area (Å²) >= 11 is 0. The molecule has 0 amide bonds. The van der Waals surface area contributed by atoms with Gasteiger partial charge in [0.25, 0.3) is 0 Å². The molecule has 0 aromatic carbocycles. The van der Waals surface area contributed by atoms with Crippen molar-refractivity contribution in [1.82, 2.24) is 5.32 Å². The van der Waals surface area contributed by atoms with Crippen molar-refractivity contribution in [2.45, 2.75) is 45.6 Å². The Kier molecular flexibility index (Phi) is 7.81. The highest BCUT2D eigenvalue weighted by Gasteiger charge is 2.13. The molecule has 96 valence electrons. The molecule has 1 aliphatic heterocycles. The summed E-state index contributed by atoms with van der Waals surface area (Å²) in [6.07, 6.45) is 4.73. The van der Waals surface area contributed by atoms with Crippen LogP contribution in [0, 0.1) is 5.92 Å². The normalized spacial score (nSPS) is 18.2. The van der Waals surface area contributed by atoms with Crippen molar-refractivity contribution < 1.29 is 9.47 Å². The van der Waals surface area contributed by atoms with Crippen LogP contribution in [0.2, 0.25) is 0 Å². The lowest BCUT2D eigenvalue weighted by molar-refractivity contribution is 0.0199. The van der Waals surface area contributed by atoms with Crippen molar-refractivity contribution in [2.24, 2.45) is 5.92 Å². The van der Waals surface area contributed by atoms with E-state index in [1.807, 2.05) is 0 Å². The van der Waals surface area contributed by atoms with Crippen molar-refractivity contribution >= 4 is 0 Å². The maximum absolute atomic E-state index is 5.70. The Morgan fingerprint density at radius 2 is 2.00 bits per heavy atom. The average Bonchev–Trinajstić information content (AvgIpc) is 2.29. The van der Waals surface area contributed by atoms with Crippen LogP contribution < -0.4 is 5.32 Å². The van der Waals surface area contributed by atoms with Crippen LogP contribution in [0.3, 0.4) is 0 Å². The zero-order chi connectivity index (χ0) is 11.6. The maximum atomic E-state index is 5.70. The minimum Gasteiger partial charge on any atom is -0.381 e. The van der Waals surface area contributed by atoms with E-state index in [2.05, 4.69) is 19.2 Å². The molecule has 1 rings (SSSR count). The largest absolute Gasteiger partial charge is 0.381 e. The van der Waals surface area contributed by atoms with Crippen LogP contribution in [0.4, 0.5) is 0 Å². The molecule has 0 bridgehead atoms. The third kappa shape index (κ3) is 7.20. The molecule has 0 unspecified atom stereocenters. The Balaban J connectivity index is 1.80. The summed E-state index contributed by atoms with van der Waals surface area (Å²) in [5, 5.41) is 3.41. The molecule has 1 saturated heterocycles. The van der Waals surface area contributed by atoms with E-state index >= 15 is 0 Å². The molecule has 0 aromatic rings. The summed E-state index contributed by atoms with van der Waals surface area (Å²) in [6.45, 7) is 9.17. The second-order valence-corrected chi connectivity index (χ2v) is 4.95. The Morgan fingerprint density at radius 1 is 1.25 bits per heavy atom. The summed E-state index contributed by atoms with van der Waals surface area (Å²) in [7, 11) is 0. The van der Waals surface area contributed by atoms with Gasteiger partial charge in [0.2, 0.25) is 0 Å². The van der Waals surface area contributed by atoms with Crippen molar-refractivity contribution in [1.29, 1.82) is 0 Å². The quantitative estimate of drug-likeness (QED) is 0.647. The average molecular weight is 229 g/mol. The van der Waals surface area contributed by atoms with Gasteiger partial charge in [0.05, 0.1) is 0 Å². The van der Waals surface area contributed by atoms with E-state index in [1.165, 1.54) is 25.7 Å². The van der Waals surface area contributed by atoms with Crippen molar-refractivity contribution in [2.75, 3.05) is 33.0 Å². The number of unbranched alkanes of at least 4 members (excludes halogenated alkanes) is 1. The molecule has 0 spiro atoms. The molecule has 0 saturated carbocycles. The first kappa shape index (κ1) is 13.9. The lowest BCUT2D eigenvalue weighted by atomic mass is 10.0. The SMILES string of the molecule is CC(C)NCCCCOCC1CCOCC1. The Bertz CT molecular complexity index is 156. The molecule has 1 heterocycles. The van der Waals surface area contributed by atoms with E-state index in [1.54, 1.807) is 0 Å². The van der Waals surface area contributed by atoms with Crippen LogP contribution in [-0.2, 0) is 9.47 Å². The number of rotatable bonds is 8. The van der Waals surface area contributed by atoms with Gasteiger partial charge in [0.15, 0.2) is 0 Å². The van der Waals surface area contributed by atoms with E-state index in [0.29, 0.717) is 6.04 Å². The topological polar surface area (TPSA) is 30.5 Å². The van der Waals surface area contributed by atoms with E-state index in [9.17, 15) is 0 Å². The fourth-order valence-corrected chi connectivity index (χ4v) is 1.88. The van der Waals surface area contributed by atoms with Crippen LogP contribution in [0.15, 0.2) is 0 Å². The van der Waals surface area contributed by atoms with Crippen molar-refractivity contribution in [3.05, 3.63) is 0 Å². The molecular weight excluding hydrogens is 202 g/mol. The first-order valence-electron chi connectivity index (χ1n) is 6.68. The first-order valence-corrected chi connectivity index (χ1v) is 6.68. The van der Waals surface area contributed by atoms with Gasteiger partial charge in [0.1, 0.15) is 0 Å². The second kappa shape index (κ2) is 8.97. The maximum Gasteiger partial charge on any atom is 0.0495 e. The van der Waals surface area contributed by atoms with Gasteiger partial charge in [-0.3, -0.25) is 0 Å². The fourth-order valence-electron chi connectivity index (χ4n) is 1.88. The first-order chi connectivity index (χ1) is 7.79. The summed E-state index contributed by atoms with van der Waals surface area (Å²) in [5.74, 6) is 0.738. The molecule has 16 heavy (non-hydrogen) atoms. The third-order valence-corrected chi connectivity index (χ3v) is 2.96. The summed E-state index contributed by atoms with van der Waals surface area (Å²) in [6, 6.07) is 0.600. The molecule has 0 aromatic heterocycles. The second-order valence-electron chi connectivity index (χ2n) is 4.95. The summed E-state index contributed by atoms with van der Waals surface area (Å²) in [4.78, 5) is 0. The molecule has 1 fully saturated rings. The molecule has 1 N–H and O–H groups in total. The van der Waals surface area contributed by atoms with Crippen LogP contribution >= 0.6 is 0 Å². The zero-order valence-corrected chi connectivity index (χ0v) is 10.8. The Hall–Kier alpha value is -0.120. The van der Waals surface area contributed by atoms with Gasteiger partial charge in [-0.15, -0.1) is 0 Å². The van der Waals surface area contributed by atoms with Crippen molar-refractivity contribution in [3.63, 3.8) is 0 Å². The monoisotopic (exact) mass is 229 g/mol. The molecule has 0 radical (unpaired) electrons. The lowest BCUT2D eigenvalue weighted by Crippen LogP contribution is -2.24. The highest BCUT2D eigenvalue weighted by molar-refractivity contribution is 4.62. The van der Waals surface area contributed by atoms with Gasteiger partial charge in [-0.1, -0.05) is 13.8 Å². The minimum absolute atomic E-state index is 0.600. The van der Waals surface area contributed by atoms with Crippen LogP contribution in [-0.4, -0.2) is 39.0 Å². The molecule has 0 aliphatic carbocycles. The molecular formula is C13H27NO2. The molecule has 3 heteroatoms. The Morgan fingerprint density at radius 3 is 2.69 bits per heavy atom. The Labute approximate surface area is 99.9 Å². The van der Waals surface area contributed by atoms with Gasteiger partial charge in [-0.2, -0.15) is 0 Å². The van der Waals surface area contributed by atoms with E-state index in [-0.39, 0.29) is 0 Å². The predicted octanol–water partition coefficient (Wildman–Crippen LogP) is 2.21. The number of hydrogen-bond acceptors (Lipinski definition) is 3. The predicted molar refractivity (Wildman–Crippen MR) is 66.7 cm³/mol. The van der Waals surface area contributed by atoms with Gasteiger partial charge < -0.3 is 14.8 Å². The third-order valence-electron chi connectivity index (χ3n) is 2.96. The van der Waals surface area contributed by atoms with Gasteiger partial charge in [-0.25, -0.2) is 0 Å². The number of ether oxygens (including phenoxy) is 2. The molecule has 0 atom stereocenters. The van der Waals surface area contributed by atoms with Crippen molar-refractivity contribution in [3.8, 4) is 0 Å². The van der Waals surface area contributed by atoms with Gasteiger partial charge in [0, 0.05) is 32.5 Å². The minimum atomic E-state index is 0.600. The lowest BCUT2D eigenvalue weighted by Gasteiger charge is -2.21. The van der Waals surface area contributed by atoms with E-state index < -0.39 is 0 Å². The summed E-state index contributed by atoms with van der Waals surface area (Å²) in [5.41, 5.74) is 0. The highest BCUT2D eigenvalue weighted by atomic mass is 16.5. The summed E-state index contributed by atoms with van der Waals surface area (Å²) < 4.78 is 11.0. The van der Waals surface area contributed by atoms with Gasteiger partial charge >= 0.3 is 0 Å². The smallest absolute Gasteiger partial charge is 0.0495 e. The van der Waals surface area contributed by atoms with Gasteiger partial charge in [-0.05, 0) is 38.1 Å².